The van der Waals surface area contributed by atoms with Crippen molar-refractivity contribution in [3.63, 3.8) is 0 Å². The van der Waals surface area contributed by atoms with Gasteiger partial charge in [-0.05, 0) is 35.9 Å². The molecule has 0 aliphatic carbocycles. The van der Waals surface area contributed by atoms with E-state index in [1.165, 1.54) is 12.1 Å². The van der Waals surface area contributed by atoms with Crippen LogP contribution in [0.4, 0.5) is 4.39 Å². The lowest BCUT2D eigenvalue weighted by Crippen LogP contribution is -2.07. The van der Waals surface area contributed by atoms with Gasteiger partial charge in [-0.2, -0.15) is 0 Å². The van der Waals surface area contributed by atoms with Crippen molar-refractivity contribution >= 4 is 17.9 Å². The second-order valence-electron chi connectivity index (χ2n) is 4.10. The number of hydrogen-bond acceptors (Lipinski definition) is 4. The average Bonchev–Trinajstić information content (AvgIpc) is 2.81. The molecule has 0 bridgehead atoms. The summed E-state index contributed by atoms with van der Waals surface area (Å²) < 4.78 is 18.6. The van der Waals surface area contributed by atoms with Crippen LogP contribution < -0.4 is 0 Å². The Kier molecular flexibility index (Phi) is 3.09. The fraction of sp³-hybridized carbons (Fsp3) is 0. The van der Waals surface area contributed by atoms with E-state index in [-0.39, 0.29) is 17.2 Å². The first-order valence-corrected chi connectivity index (χ1v) is 5.91. The first-order valence-electron chi connectivity index (χ1n) is 5.91. The summed E-state index contributed by atoms with van der Waals surface area (Å²) >= 11 is 0. The summed E-state index contributed by atoms with van der Waals surface area (Å²) in [6.07, 6.45) is 4.78. The third-order valence-electron chi connectivity index (χ3n) is 2.73. The maximum absolute atomic E-state index is 13.6. The fourth-order valence-electron chi connectivity index (χ4n) is 1.78. The highest BCUT2D eigenvalue weighted by atomic mass is 19.1. The molecular weight excluding hydrogens is 259 g/mol. The Balaban J connectivity index is 1.98. The van der Waals surface area contributed by atoms with E-state index in [0.29, 0.717) is 0 Å². The summed E-state index contributed by atoms with van der Waals surface area (Å²) in [5, 5.41) is 0. The van der Waals surface area contributed by atoms with Gasteiger partial charge in [0.25, 0.3) is 0 Å². The number of halogens is 1. The molecular formula is C15H9FN2O2. The van der Waals surface area contributed by atoms with Gasteiger partial charge in [-0.1, -0.05) is 12.1 Å². The largest absolute Gasteiger partial charge is 0.402 e. The summed E-state index contributed by atoms with van der Waals surface area (Å²) in [5.41, 5.74) is 1.07. The minimum Gasteiger partial charge on any atom is -0.402 e. The van der Waals surface area contributed by atoms with Gasteiger partial charge >= 0.3 is 5.97 Å². The highest BCUT2D eigenvalue weighted by Crippen LogP contribution is 2.20. The van der Waals surface area contributed by atoms with E-state index in [2.05, 4.69) is 9.98 Å². The number of pyridine rings is 1. The van der Waals surface area contributed by atoms with Gasteiger partial charge in [-0.25, -0.2) is 14.2 Å². The molecule has 0 N–H and O–H groups in total. The fourth-order valence-corrected chi connectivity index (χ4v) is 1.78. The van der Waals surface area contributed by atoms with Crippen LogP contribution in [0.1, 0.15) is 11.1 Å². The van der Waals surface area contributed by atoms with Crippen LogP contribution in [0, 0.1) is 5.82 Å². The number of esters is 1. The Morgan fingerprint density at radius 3 is 2.60 bits per heavy atom. The zero-order chi connectivity index (χ0) is 13.9. The summed E-state index contributed by atoms with van der Waals surface area (Å²) in [6, 6.07) is 9.48. The molecule has 2 heterocycles. The van der Waals surface area contributed by atoms with Crippen molar-refractivity contribution in [3.05, 3.63) is 71.4 Å². The molecule has 0 spiro atoms. The van der Waals surface area contributed by atoms with Gasteiger partial charge in [0.15, 0.2) is 5.70 Å². The van der Waals surface area contributed by atoms with Crippen molar-refractivity contribution in [2.24, 2.45) is 4.99 Å². The Hall–Kier alpha value is -2.82. The third kappa shape index (κ3) is 2.33. The van der Waals surface area contributed by atoms with Crippen LogP contribution in [0.3, 0.4) is 0 Å². The van der Waals surface area contributed by atoms with Crippen molar-refractivity contribution in [3.8, 4) is 0 Å². The summed E-state index contributed by atoms with van der Waals surface area (Å²) in [6.45, 7) is 0. The number of carbonyl (C=O) groups excluding carboxylic acids is 1. The van der Waals surface area contributed by atoms with Gasteiger partial charge in [0, 0.05) is 12.4 Å². The van der Waals surface area contributed by atoms with E-state index < -0.39 is 11.8 Å². The highest BCUT2D eigenvalue weighted by Gasteiger charge is 2.25. The average molecular weight is 268 g/mol. The first-order chi connectivity index (χ1) is 9.74. The number of cyclic esters (lactones) is 1. The molecule has 1 aromatic heterocycles. The Labute approximate surface area is 114 Å². The molecule has 5 heteroatoms. The quantitative estimate of drug-likeness (QED) is 0.621. The van der Waals surface area contributed by atoms with E-state index >= 15 is 0 Å². The van der Waals surface area contributed by atoms with Crippen LogP contribution in [0.5, 0.6) is 0 Å². The van der Waals surface area contributed by atoms with Crippen molar-refractivity contribution in [1.82, 2.24) is 4.98 Å². The van der Waals surface area contributed by atoms with Gasteiger partial charge in [-0.15, -0.1) is 0 Å². The monoisotopic (exact) mass is 268 g/mol. The molecule has 1 aliphatic rings. The van der Waals surface area contributed by atoms with E-state index in [4.69, 9.17) is 4.74 Å². The van der Waals surface area contributed by atoms with Gasteiger partial charge < -0.3 is 4.74 Å². The summed E-state index contributed by atoms with van der Waals surface area (Å²) in [5.74, 6) is -1.10. The molecule has 1 aromatic carbocycles. The Morgan fingerprint density at radius 1 is 1.10 bits per heavy atom. The maximum atomic E-state index is 13.6. The Bertz CT molecular complexity index is 724. The molecule has 2 aromatic rings. The molecule has 3 rings (SSSR count). The number of hydrogen-bond donors (Lipinski definition) is 0. The molecule has 0 atom stereocenters. The first kappa shape index (κ1) is 12.2. The topological polar surface area (TPSA) is 51.5 Å². The van der Waals surface area contributed by atoms with Crippen molar-refractivity contribution < 1.29 is 13.9 Å². The van der Waals surface area contributed by atoms with Crippen LogP contribution in [0.15, 0.2) is 59.5 Å². The highest BCUT2D eigenvalue weighted by molar-refractivity contribution is 6.12. The van der Waals surface area contributed by atoms with E-state index in [1.54, 1.807) is 42.7 Å². The number of ether oxygens (including phenoxy) is 1. The molecule has 1 aliphatic heterocycles. The van der Waals surface area contributed by atoms with Gasteiger partial charge in [0.05, 0.1) is 5.56 Å². The molecule has 0 radical (unpaired) electrons. The molecule has 0 amide bonds. The number of rotatable bonds is 2. The third-order valence-corrected chi connectivity index (χ3v) is 2.73. The second kappa shape index (κ2) is 5.05. The smallest absolute Gasteiger partial charge is 0.363 e. The molecule has 20 heavy (non-hydrogen) atoms. The van der Waals surface area contributed by atoms with Gasteiger partial charge in [0.2, 0.25) is 5.90 Å². The summed E-state index contributed by atoms with van der Waals surface area (Å²) in [4.78, 5) is 19.7. The molecule has 4 nitrogen and oxygen atoms in total. The molecule has 0 unspecified atom stereocenters. The number of benzene rings is 1. The minimum absolute atomic E-state index is 0.0200. The summed E-state index contributed by atoms with van der Waals surface area (Å²) in [7, 11) is 0. The van der Waals surface area contributed by atoms with Crippen LogP contribution in [-0.4, -0.2) is 16.9 Å². The Morgan fingerprint density at radius 2 is 1.85 bits per heavy atom. The number of nitrogens with zero attached hydrogens (tertiary/aromatic N) is 2. The zero-order valence-electron chi connectivity index (χ0n) is 10.3. The number of aliphatic imine (C=N–C) groups is 1. The lowest BCUT2D eigenvalue weighted by Gasteiger charge is -1.99. The van der Waals surface area contributed by atoms with E-state index in [1.807, 2.05) is 0 Å². The molecule has 0 saturated heterocycles. The lowest BCUT2D eigenvalue weighted by molar-refractivity contribution is -0.129. The molecule has 0 saturated carbocycles. The molecule has 98 valence electrons. The van der Waals surface area contributed by atoms with Crippen molar-refractivity contribution in [2.45, 2.75) is 0 Å². The van der Waals surface area contributed by atoms with Crippen LogP contribution in [0.2, 0.25) is 0 Å². The SMILES string of the molecule is O=C1OC(c2ccccc2F)=N/C1=C\c1ccncc1. The maximum Gasteiger partial charge on any atom is 0.363 e. The lowest BCUT2D eigenvalue weighted by atomic mass is 10.2. The number of aromatic nitrogens is 1. The molecule has 0 fully saturated rings. The van der Waals surface area contributed by atoms with Gasteiger partial charge in [0.1, 0.15) is 5.82 Å². The van der Waals surface area contributed by atoms with E-state index in [0.717, 1.165) is 5.56 Å². The van der Waals surface area contributed by atoms with Crippen molar-refractivity contribution in [2.75, 3.05) is 0 Å². The zero-order valence-corrected chi connectivity index (χ0v) is 10.3. The van der Waals surface area contributed by atoms with Crippen LogP contribution >= 0.6 is 0 Å². The van der Waals surface area contributed by atoms with Crippen LogP contribution in [-0.2, 0) is 9.53 Å². The van der Waals surface area contributed by atoms with Crippen LogP contribution in [0.25, 0.3) is 6.08 Å². The predicted molar refractivity (Wildman–Crippen MR) is 71.2 cm³/mol. The van der Waals surface area contributed by atoms with E-state index in [9.17, 15) is 9.18 Å². The van der Waals surface area contributed by atoms with Crippen molar-refractivity contribution in [1.29, 1.82) is 0 Å². The minimum atomic E-state index is -0.597. The van der Waals surface area contributed by atoms with Gasteiger partial charge in [-0.3, -0.25) is 4.98 Å². The second-order valence-corrected chi connectivity index (χ2v) is 4.10. The number of carbonyl (C=O) groups is 1. The normalized spacial score (nSPS) is 16.1. The standard InChI is InChI=1S/C15H9FN2O2/c16-12-4-2-1-3-11(12)14-18-13(15(19)20-14)9-10-5-7-17-8-6-10/h1-9H/b13-9-. The predicted octanol–water partition coefficient (Wildman–Crippen LogP) is 2.57.